The van der Waals surface area contributed by atoms with Crippen molar-refractivity contribution in [2.45, 2.75) is 59.2 Å². The highest BCUT2D eigenvalue weighted by Gasteiger charge is 2.11. The quantitative estimate of drug-likeness (QED) is 0.691. The zero-order valence-corrected chi connectivity index (χ0v) is 14.0. The molecule has 0 bridgehead atoms. The van der Waals surface area contributed by atoms with Gasteiger partial charge < -0.3 is 20.5 Å². The summed E-state index contributed by atoms with van der Waals surface area (Å²) in [5, 5.41) is 14.6. The number of carbonyl (C=O) groups is 1. The highest BCUT2D eigenvalue weighted by Crippen LogP contribution is 2.22. The minimum atomic E-state index is -0.282. The van der Waals surface area contributed by atoms with E-state index in [1.165, 1.54) is 0 Å². The van der Waals surface area contributed by atoms with Crippen LogP contribution in [0.15, 0.2) is 18.2 Å². The lowest BCUT2D eigenvalue weighted by molar-refractivity contribution is 0.211. The standard InChI is InChI=1S/C17H28N2O3/c1-5-13(4)22-16-9-12(3)7-8-14(16)10-18-17(21)19-15(6-2)11-20/h7-9,13,15,20H,5-6,10-11H2,1-4H3,(H2,18,19,21). The Morgan fingerprint density at radius 3 is 2.64 bits per heavy atom. The summed E-state index contributed by atoms with van der Waals surface area (Å²) in [4.78, 5) is 11.8. The fraction of sp³-hybridized carbons (Fsp3) is 0.588. The van der Waals surface area contributed by atoms with Crippen LogP contribution in [-0.4, -0.2) is 29.9 Å². The Morgan fingerprint density at radius 1 is 1.32 bits per heavy atom. The molecule has 0 aliphatic carbocycles. The third kappa shape index (κ3) is 5.93. The Hall–Kier alpha value is -1.75. The van der Waals surface area contributed by atoms with E-state index in [1.54, 1.807) is 0 Å². The number of hydrogen-bond donors (Lipinski definition) is 3. The van der Waals surface area contributed by atoms with Gasteiger partial charge in [0.25, 0.3) is 0 Å². The molecular weight excluding hydrogens is 280 g/mol. The maximum absolute atomic E-state index is 11.8. The van der Waals surface area contributed by atoms with E-state index in [9.17, 15) is 4.79 Å². The fourth-order valence-electron chi connectivity index (χ4n) is 1.91. The zero-order valence-electron chi connectivity index (χ0n) is 14.0. The highest BCUT2D eigenvalue weighted by atomic mass is 16.5. The lowest BCUT2D eigenvalue weighted by Gasteiger charge is -2.18. The summed E-state index contributed by atoms with van der Waals surface area (Å²) in [5.41, 5.74) is 2.07. The average molecular weight is 308 g/mol. The van der Waals surface area contributed by atoms with Crippen LogP contribution in [0, 0.1) is 6.92 Å². The van der Waals surface area contributed by atoms with Gasteiger partial charge in [-0.1, -0.05) is 26.0 Å². The second kappa shape index (κ2) is 9.30. The van der Waals surface area contributed by atoms with Gasteiger partial charge in [0, 0.05) is 12.1 Å². The van der Waals surface area contributed by atoms with Crippen molar-refractivity contribution in [3.63, 3.8) is 0 Å². The fourth-order valence-corrected chi connectivity index (χ4v) is 1.91. The molecule has 2 atom stereocenters. The number of nitrogens with one attached hydrogen (secondary N) is 2. The van der Waals surface area contributed by atoms with Crippen molar-refractivity contribution in [2.24, 2.45) is 0 Å². The third-order valence-electron chi connectivity index (χ3n) is 3.61. The molecule has 1 rings (SSSR count). The molecule has 2 unspecified atom stereocenters. The summed E-state index contributed by atoms with van der Waals surface area (Å²) in [6.45, 7) is 8.36. The van der Waals surface area contributed by atoms with Gasteiger partial charge in [-0.2, -0.15) is 0 Å². The molecule has 1 aromatic carbocycles. The number of aliphatic hydroxyl groups is 1. The number of hydrogen-bond acceptors (Lipinski definition) is 3. The van der Waals surface area contributed by atoms with E-state index in [4.69, 9.17) is 9.84 Å². The SMILES string of the molecule is CCC(CO)NC(=O)NCc1ccc(C)cc1OC(C)CC. The van der Waals surface area contributed by atoms with E-state index in [-0.39, 0.29) is 24.8 Å². The first kappa shape index (κ1) is 18.3. The molecule has 0 spiro atoms. The van der Waals surface area contributed by atoms with Crippen molar-refractivity contribution in [1.29, 1.82) is 0 Å². The molecule has 3 N–H and O–H groups in total. The van der Waals surface area contributed by atoms with Crippen LogP contribution in [0.4, 0.5) is 4.79 Å². The molecule has 0 fully saturated rings. The monoisotopic (exact) mass is 308 g/mol. The Balaban J connectivity index is 2.66. The van der Waals surface area contributed by atoms with E-state index < -0.39 is 0 Å². The molecule has 0 saturated heterocycles. The molecule has 2 amide bonds. The van der Waals surface area contributed by atoms with Crippen LogP contribution >= 0.6 is 0 Å². The Labute approximate surface area is 133 Å². The highest BCUT2D eigenvalue weighted by molar-refractivity contribution is 5.74. The van der Waals surface area contributed by atoms with Crippen molar-refractivity contribution in [3.8, 4) is 5.75 Å². The first-order valence-corrected chi connectivity index (χ1v) is 7.91. The van der Waals surface area contributed by atoms with Crippen LogP contribution in [0.1, 0.15) is 44.7 Å². The molecule has 0 aliphatic heterocycles. The number of rotatable bonds is 8. The van der Waals surface area contributed by atoms with Crippen LogP contribution in [0.2, 0.25) is 0 Å². The molecule has 1 aromatic rings. The van der Waals surface area contributed by atoms with E-state index in [1.807, 2.05) is 39.0 Å². The van der Waals surface area contributed by atoms with E-state index in [0.29, 0.717) is 13.0 Å². The first-order chi connectivity index (χ1) is 10.5. The Kier molecular flexibility index (Phi) is 7.74. The minimum absolute atomic E-state index is 0.0587. The lowest BCUT2D eigenvalue weighted by atomic mass is 10.1. The number of aliphatic hydroxyl groups excluding tert-OH is 1. The van der Waals surface area contributed by atoms with Crippen LogP contribution in [0.3, 0.4) is 0 Å². The minimum Gasteiger partial charge on any atom is -0.490 e. The molecule has 124 valence electrons. The van der Waals surface area contributed by atoms with Crippen molar-refractivity contribution in [2.75, 3.05) is 6.61 Å². The van der Waals surface area contributed by atoms with E-state index in [2.05, 4.69) is 17.6 Å². The molecule has 0 saturated carbocycles. The maximum atomic E-state index is 11.8. The number of benzene rings is 1. The number of ether oxygens (including phenoxy) is 1. The summed E-state index contributed by atoms with van der Waals surface area (Å²) in [6.07, 6.45) is 1.75. The topological polar surface area (TPSA) is 70.6 Å². The normalized spacial score (nSPS) is 13.3. The van der Waals surface area contributed by atoms with Gasteiger partial charge in [-0.25, -0.2) is 4.79 Å². The number of carbonyl (C=O) groups excluding carboxylic acids is 1. The van der Waals surface area contributed by atoms with Gasteiger partial charge in [0.05, 0.1) is 18.8 Å². The summed E-state index contributed by atoms with van der Waals surface area (Å²) in [7, 11) is 0. The summed E-state index contributed by atoms with van der Waals surface area (Å²) < 4.78 is 5.92. The molecule has 22 heavy (non-hydrogen) atoms. The van der Waals surface area contributed by atoms with E-state index >= 15 is 0 Å². The predicted octanol–water partition coefficient (Wildman–Crippen LogP) is 2.74. The molecule has 0 aliphatic rings. The van der Waals surface area contributed by atoms with E-state index in [0.717, 1.165) is 23.3 Å². The predicted molar refractivity (Wildman–Crippen MR) is 88.1 cm³/mol. The zero-order chi connectivity index (χ0) is 16.5. The number of amides is 2. The van der Waals surface area contributed by atoms with Gasteiger partial charge in [-0.3, -0.25) is 0 Å². The molecule has 5 nitrogen and oxygen atoms in total. The summed E-state index contributed by atoms with van der Waals surface area (Å²) >= 11 is 0. The van der Waals surface area contributed by atoms with Crippen LogP contribution in [-0.2, 0) is 6.54 Å². The van der Waals surface area contributed by atoms with Crippen molar-refractivity contribution < 1.29 is 14.6 Å². The van der Waals surface area contributed by atoms with Gasteiger partial charge >= 0.3 is 6.03 Å². The Morgan fingerprint density at radius 2 is 2.05 bits per heavy atom. The van der Waals surface area contributed by atoms with Gasteiger partial charge in [-0.15, -0.1) is 0 Å². The third-order valence-corrected chi connectivity index (χ3v) is 3.61. The molecule has 0 aromatic heterocycles. The molecule has 0 radical (unpaired) electrons. The van der Waals surface area contributed by atoms with Gasteiger partial charge in [0.1, 0.15) is 5.75 Å². The van der Waals surface area contributed by atoms with Gasteiger partial charge in [-0.05, 0) is 38.3 Å². The van der Waals surface area contributed by atoms with Crippen LogP contribution < -0.4 is 15.4 Å². The number of urea groups is 1. The van der Waals surface area contributed by atoms with Gasteiger partial charge in [0.2, 0.25) is 0 Å². The molecule has 5 heteroatoms. The van der Waals surface area contributed by atoms with Crippen molar-refractivity contribution in [3.05, 3.63) is 29.3 Å². The largest absolute Gasteiger partial charge is 0.490 e. The second-order valence-electron chi connectivity index (χ2n) is 5.56. The average Bonchev–Trinajstić information content (AvgIpc) is 2.51. The van der Waals surface area contributed by atoms with Crippen LogP contribution in [0.25, 0.3) is 0 Å². The Bertz CT molecular complexity index is 473. The summed E-state index contributed by atoms with van der Waals surface area (Å²) in [5.74, 6) is 0.809. The summed E-state index contributed by atoms with van der Waals surface area (Å²) in [6, 6.07) is 5.46. The second-order valence-corrected chi connectivity index (χ2v) is 5.56. The maximum Gasteiger partial charge on any atom is 0.315 e. The molecular formula is C17H28N2O3. The van der Waals surface area contributed by atoms with Crippen molar-refractivity contribution in [1.82, 2.24) is 10.6 Å². The first-order valence-electron chi connectivity index (χ1n) is 7.91. The van der Waals surface area contributed by atoms with Gasteiger partial charge in [0.15, 0.2) is 0 Å². The lowest BCUT2D eigenvalue weighted by Crippen LogP contribution is -2.43. The van der Waals surface area contributed by atoms with Crippen molar-refractivity contribution >= 4 is 6.03 Å². The number of aryl methyl sites for hydroxylation is 1. The smallest absolute Gasteiger partial charge is 0.315 e. The molecule has 0 heterocycles. The van der Waals surface area contributed by atoms with Crippen LogP contribution in [0.5, 0.6) is 5.75 Å².